The summed E-state index contributed by atoms with van der Waals surface area (Å²) >= 11 is 0. The van der Waals surface area contributed by atoms with E-state index in [-0.39, 0.29) is 25.0 Å². The van der Waals surface area contributed by atoms with Crippen molar-refractivity contribution in [3.63, 3.8) is 0 Å². The Labute approximate surface area is 194 Å². The highest BCUT2D eigenvalue weighted by Crippen LogP contribution is 2.31. The van der Waals surface area contributed by atoms with Gasteiger partial charge in [0.15, 0.2) is 11.8 Å². The average molecular weight is 468 g/mol. The van der Waals surface area contributed by atoms with Crippen LogP contribution in [0.4, 0.5) is 4.39 Å². The van der Waals surface area contributed by atoms with Gasteiger partial charge in [0.2, 0.25) is 5.91 Å². The van der Waals surface area contributed by atoms with Gasteiger partial charge in [0.05, 0.1) is 18.6 Å². The lowest BCUT2D eigenvalue weighted by molar-refractivity contribution is -0.301. The third kappa shape index (κ3) is 8.40. The third-order valence-electron chi connectivity index (χ3n) is 5.07. The van der Waals surface area contributed by atoms with Gasteiger partial charge < -0.3 is 24.2 Å². The van der Waals surface area contributed by atoms with Crippen LogP contribution < -0.4 is 0 Å². The summed E-state index contributed by atoms with van der Waals surface area (Å²) in [7, 11) is 0. The zero-order chi connectivity index (χ0) is 25.0. The lowest BCUT2D eigenvalue weighted by Gasteiger charge is -2.41. The number of carboxylic acid groups (broad SMARTS) is 1. The van der Waals surface area contributed by atoms with Crippen molar-refractivity contribution in [2.45, 2.75) is 90.4 Å². The SMILES string of the molecule is CC(=O)N(CC[C@@H]1C[C@H](CC(=O)OC(C)(C)C)OC(C)(C)O1)C(C(=O)O)c1ccc(F)cc1. The fourth-order valence-electron chi connectivity index (χ4n) is 3.94. The van der Waals surface area contributed by atoms with E-state index in [1.807, 2.05) is 0 Å². The molecule has 1 unspecified atom stereocenters. The Morgan fingerprint density at radius 1 is 1.18 bits per heavy atom. The number of nitrogens with zero attached hydrogens (tertiary/aromatic N) is 1. The van der Waals surface area contributed by atoms with Gasteiger partial charge in [-0.3, -0.25) is 9.59 Å². The molecule has 0 radical (unpaired) electrons. The van der Waals surface area contributed by atoms with Crippen LogP contribution in [0.1, 0.15) is 72.4 Å². The predicted octanol–water partition coefficient (Wildman–Crippen LogP) is 3.83. The molecule has 2 rings (SSSR count). The third-order valence-corrected chi connectivity index (χ3v) is 5.07. The van der Waals surface area contributed by atoms with Gasteiger partial charge in [0.1, 0.15) is 11.4 Å². The Balaban J connectivity index is 2.11. The molecule has 1 amide bonds. The molecule has 1 aliphatic rings. The number of aliphatic carboxylic acids is 1. The predicted molar refractivity (Wildman–Crippen MR) is 118 cm³/mol. The number of halogens is 1. The van der Waals surface area contributed by atoms with Crippen LogP contribution in [-0.2, 0) is 28.6 Å². The summed E-state index contributed by atoms with van der Waals surface area (Å²) in [4.78, 5) is 37.8. The molecule has 1 fully saturated rings. The second-order valence-corrected chi connectivity index (χ2v) is 9.70. The molecule has 33 heavy (non-hydrogen) atoms. The van der Waals surface area contributed by atoms with Crippen LogP contribution in [0, 0.1) is 5.82 Å². The van der Waals surface area contributed by atoms with Crippen molar-refractivity contribution in [1.29, 1.82) is 0 Å². The molecule has 184 valence electrons. The lowest BCUT2D eigenvalue weighted by Crippen LogP contribution is -2.47. The Morgan fingerprint density at radius 2 is 1.76 bits per heavy atom. The molecule has 0 aromatic heterocycles. The fourth-order valence-corrected chi connectivity index (χ4v) is 3.94. The zero-order valence-corrected chi connectivity index (χ0v) is 20.1. The molecule has 9 heteroatoms. The van der Waals surface area contributed by atoms with Crippen LogP contribution in [0.15, 0.2) is 24.3 Å². The van der Waals surface area contributed by atoms with E-state index in [1.54, 1.807) is 34.6 Å². The zero-order valence-electron chi connectivity index (χ0n) is 20.1. The van der Waals surface area contributed by atoms with Gasteiger partial charge in [-0.05, 0) is 58.7 Å². The monoisotopic (exact) mass is 467 g/mol. The van der Waals surface area contributed by atoms with Crippen molar-refractivity contribution in [3.05, 3.63) is 35.6 Å². The van der Waals surface area contributed by atoms with Crippen molar-refractivity contribution in [1.82, 2.24) is 4.90 Å². The number of carbonyl (C=O) groups is 3. The number of rotatable bonds is 8. The van der Waals surface area contributed by atoms with Gasteiger partial charge in [-0.25, -0.2) is 9.18 Å². The normalized spacial score (nSPS) is 21.2. The van der Waals surface area contributed by atoms with E-state index < -0.39 is 41.2 Å². The van der Waals surface area contributed by atoms with Crippen LogP contribution in [0.25, 0.3) is 0 Å². The molecule has 0 bridgehead atoms. The number of ether oxygens (including phenoxy) is 3. The van der Waals surface area contributed by atoms with E-state index in [4.69, 9.17) is 14.2 Å². The van der Waals surface area contributed by atoms with Crippen molar-refractivity contribution in [2.75, 3.05) is 6.54 Å². The first-order valence-electron chi connectivity index (χ1n) is 11.0. The minimum absolute atomic E-state index is 0.0598. The van der Waals surface area contributed by atoms with Gasteiger partial charge in [0.25, 0.3) is 0 Å². The highest BCUT2D eigenvalue weighted by molar-refractivity contribution is 5.83. The van der Waals surface area contributed by atoms with Crippen LogP contribution in [0.5, 0.6) is 0 Å². The number of hydrogen-bond acceptors (Lipinski definition) is 6. The van der Waals surface area contributed by atoms with E-state index in [0.29, 0.717) is 18.4 Å². The number of carboxylic acids is 1. The van der Waals surface area contributed by atoms with Crippen LogP contribution >= 0.6 is 0 Å². The van der Waals surface area contributed by atoms with Gasteiger partial charge in [-0.1, -0.05) is 12.1 Å². The Bertz CT molecular complexity index is 847. The van der Waals surface area contributed by atoms with E-state index in [9.17, 15) is 23.9 Å². The summed E-state index contributed by atoms with van der Waals surface area (Å²) in [5.74, 6) is -3.47. The number of amides is 1. The maximum Gasteiger partial charge on any atom is 0.331 e. The molecule has 1 aromatic carbocycles. The second-order valence-electron chi connectivity index (χ2n) is 9.70. The van der Waals surface area contributed by atoms with Crippen LogP contribution in [0.3, 0.4) is 0 Å². The smallest absolute Gasteiger partial charge is 0.331 e. The molecule has 1 heterocycles. The number of benzene rings is 1. The summed E-state index contributed by atoms with van der Waals surface area (Å²) in [5, 5.41) is 9.78. The molecule has 0 aliphatic carbocycles. The summed E-state index contributed by atoms with van der Waals surface area (Å²) in [6.45, 7) is 10.2. The molecule has 1 saturated heterocycles. The van der Waals surface area contributed by atoms with Crippen molar-refractivity contribution in [2.24, 2.45) is 0 Å². The first kappa shape index (κ1) is 26.7. The van der Waals surface area contributed by atoms with E-state index in [0.717, 1.165) is 12.1 Å². The standard InChI is InChI=1S/C24H34FNO7/c1-15(27)26(21(22(29)30)16-7-9-17(25)10-8-16)12-11-18-13-19(32-24(5,6)31-18)14-20(28)33-23(2,3)4/h7-10,18-19,21H,11-14H2,1-6H3,(H,29,30)/t18-,19-,21?/m1/s1. The van der Waals surface area contributed by atoms with Crippen molar-refractivity contribution < 1.29 is 38.1 Å². The molecule has 1 aliphatic heterocycles. The first-order chi connectivity index (χ1) is 15.2. The quantitative estimate of drug-likeness (QED) is 0.580. The molecule has 8 nitrogen and oxygen atoms in total. The molecular weight excluding hydrogens is 433 g/mol. The highest BCUT2D eigenvalue weighted by Gasteiger charge is 2.38. The van der Waals surface area contributed by atoms with Crippen LogP contribution in [0.2, 0.25) is 0 Å². The van der Waals surface area contributed by atoms with Gasteiger partial charge in [-0.2, -0.15) is 0 Å². The minimum Gasteiger partial charge on any atom is -0.479 e. The first-order valence-corrected chi connectivity index (χ1v) is 11.0. The Kier molecular flexibility index (Phi) is 8.59. The summed E-state index contributed by atoms with van der Waals surface area (Å²) in [5.41, 5.74) is -0.305. The maximum absolute atomic E-state index is 13.3. The summed E-state index contributed by atoms with van der Waals surface area (Å²) in [6, 6.07) is 3.78. The van der Waals surface area contributed by atoms with E-state index in [1.165, 1.54) is 24.0 Å². The molecule has 1 N–H and O–H groups in total. The number of hydrogen-bond donors (Lipinski definition) is 1. The second kappa shape index (κ2) is 10.6. The average Bonchev–Trinajstić information content (AvgIpc) is 2.62. The highest BCUT2D eigenvalue weighted by atomic mass is 19.1. The molecule has 1 aromatic rings. The van der Waals surface area contributed by atoms with E-state index in [2.05, 4.69) is 0 Å². The largest absolute Gasteiger partial charge is 0.479 e. The van der Waals surface area contributed by atoms with Crippen molar-refractivity contribution in [3.8, 4) is 0 Å². The van der Waals surface area contributed by atoms with Crippen LogP contribution in [-0.4, -0.2) is 58.0 Å². The number of esters is 1. The summed E-state index contributed by atoms with van der Waals surface area (Å²) in [6.07, 6.45) is -0.0210. The molecular formula is C24H34FNO7. The van der Waals surface area contributed by atoms with Gasteiger partial charge >= 0.3 is 11.9 Å². The van der Waals surface area contributed by atoms with Gasteiger partial charge in [0, 0.05) is 19.9 Å². The number of carbonyl (C=O) groups excluding carboxylic acids is 2. The molecule has 0 saturated carbocycles. The molecule has 3 atom stereocenters. The topological polar surface area (TPSA) is 102 Å². The Hall–Kier alpha value is -2.52. The maximum atomic E-state index is 13.3. The van der Waals surface area contributed by atoms with Gasteiger partial charge in [-0.15, -0.1) is 0 Å². The van der Waals surface area contributed by atoms with Crippen molar-refractivity contribution >= 4 is 17.8 Å². The Morgan fingerprint density at radius 3 is 2.27 bits per heavy atom. The summed E-state index contributed by atoms with van der Waals surface area (Å²) < 4.78 is 30.5. The van der Waals surface area contributed by atoms with E-state index >= 15 is 0 Å². The fraction of sp³-hybridized carbons (Fsp3) is 0.625. The minimum atomic E-state index is -1.26. The molecule has 0 spiro atoms. The lowest BCUT2D eigenvalue weighted by atomic mass is 10.0.